The molecule has 0 spiro atoms. The van der Waals surface area contributed by atoms with E-state index in [1.54, 1.807) is 22.9 Å². The van der Waals surface area contributed by atoms with Gasteiger partial charge in [0.2, 0.25) is 0 Å². The van der Waals surface area contributed by atoms with Gasteiger partial charge in [0.05, 0.1) is 12.5 Å². The Morgan fingerprint density at radius 3 is 3.12 bits per heavy atom. The zero-order valence-electron chi connectivity index (χ0n) is 9.28. The summed E-state index contributed by atoms with van der Waals surface area (Å²) in [6, 6.07) is 1.77. The SMILES string of the molecule is CC(CC(=O)O)n1nnnc1Cc1ccsc1. The number of carboxylic acids is 1. The molecular weight excluding hydrogens is 240 g/mol. The summed E-state index contributed by atoms with van der Waals surface area (Å²) in [6.07, 6.45) is 0.641. The monoisotopic (exact) mass is 252 g/mol. The molecule has 1 unspecified atom stereocenters. The molecule has 0 amide bonds. The van der Waals surface area contributed by atoms with Crippen molar-refractivity contribution in [3.8, 4) is 0 Å². The topological polar surface area (TPSA) is 80.9 Å². The number of rotatable bonds is 5. The Labute approximate surface area is 102 Å². The van der Waals surface area contributed by atoms with Crippen molar-refractivity contribution in [2.75, 3.05) is 0 Å². The Bertz CT molecular complexity index is 494. The van der Waals surface area contributed by atoms with Crippen molar-refractivity contribution in [2.24, 2.45) is 0 Å². The number of aliphatic carboxylic acids is 1. The molecule has 0 radical (unpaired) electrons. The van der Waals surface area contributed by atoms with Crippen LogP contribution in [0.4, 0.5) is 0 Å². The minimum Gasteiger partial charge on any atom is -0.481 e. The predicted octanol–water partition coefficient (Wildman–Crippen LogP) is 1.36. The van der Waals surface area contributed by atoms with E-state index in [2.05, 4.69) is 15.5 Å². The van der Waals surface area contributed by atoms with Gasteiger partial charge < -0.3 is 5.11 Å². The Balaban J connectivity index is 2.13. The lowest BCUT2D eigenvalue weighted by Crippen LogP contribution is -2.15. The average molecular weight is 252 g/mol. The summed E-state index contributed by atoms with van der Waals surface area (Å²) in [5.74, 6) is -0.161. The second-order valence-corrected chi connectivity index (χ2v) is 4.57. The van der Waals surface area contributed by atoms with Crippen LogP contribution in [0.1, 0.15) is 30.8 Å². The molecule has 2 rings (SSSR count). The summed E-state index contributed by atoms with van der Waals surface area (Å²) in [6.45, 7) is 1.79. The van der Waals surface area contributed by atoms with E-state index in [-0.39, 0.29) is 12.5 Å². The van der Waals surface area contributed by atoms with Gasteiger partial charge in [0.1, 0.15) is 0 Å². The minimum absolute atomic E-state index is 0.0156. The Hall–Kier alpha value is -1.76. The van der Waals surface area contributed by atoms with Crippen LogP contribution in [0, 0.1) is 0 Å². The number of aromatic nitrogens is 4. The lowest BCUT2D eigenvalue weighted by atomic mass is 10.2. The summed E-state index contributed by atoms with van der Waals surface area (Å²) in [7, 11) is 0. The van der Waals surface area contributed by atoms with Crippen molar-refractivity contribution in [1.82, 2.24) is 20.2 Å². The highest BCUT2D eigenvalue weighted by Gasteiger charge is 2.16. The van der Waals surface area contributed by atoms with Crippen LogP contribution in [0.5, 0.6) is 0 Å². The Morgan fingerprint density at radius 1 is 1.65 bits per heavy atom. The molecular formula is C10H12N4O2S. The van der Waals surface area contributed by atoms with Crippen molar-refractivity contribution in [1.29, 1.82) is 0 Å². The third kappa shape index (κ3) is 2.88. The van der Waals surface area contributed by atoms with Gasteiger partial charge in [-0.1, -0.05) is 0 Å². The fraction of sp³-hybridized carbons (Fsp3) is 0.400. The molecule has 0 saturated heterocycles. The van der Waals surface area contributed by atoms with Gasteiger partial charge in [-0.3, -0.25) is 4.79 Å². The molecule has 0 saturated carbocycles. The minimum atomic E-state index is -0.852. The number of tetrazole rings is 1. The van der Waals surface area contributed by atoms with E-state index in [1.807, 2.05) is 16.8 Å². The average Bonchev–Trinajstić information content (AvgIpc) is 2.88. The normalized spacial score (nSPS) is 12.5. The van der Waals surface area contributed by atoms with E-state index in [4.69, 9.17) is 5.11 Å². The van der Waals surface area contributed by atoms with Gasteiger partial charge in [-0.15, -0.1) is 5.10 Å². The van der Waals surface area contributed by atoms with Crippen LogP contribution in [0.3, 0.4) is 0 Å². The first-order valence-electron chi connectivity index (χ1n) is 5.16. The molecule has 2 aromatic heterocycles. The third-order valence-electron chi connectivity index (χ3n) is 2.39. The number of thiophene rings is 1. The summed E-state index contributed by atoms with van der Waals surface area (Å²) >= 11 is 1.61. The molecule has 0 aliphatic carbocycles. The van der Waals surface area contributed by atoms with Crippen LogP contribution in [0.2, 0.25) is 0 Å². The van der Waals surface area contributed by atoms with Crippen molar-refractivity contribution in [3.63, 3.8) is 0 Å². The molecule has 2 heterocycles. The second kappa shape index (κ2) is 5.05. The van der Waals surface area contributed by atoms with Crippen molar-refractivity contribution < 1.29 is 9.90 Å². The summed E-state index contributed by atoms with van der Waals surface area (Å²) in [4.78, 5) is 10.7. The van der Waals surface area contributed by atoms with E-state index >= 15 is 0 Å². The van der Waals surface area contributed by atoms with Gasteiger partial charge >= 0.3 is 5.97 Å². The number of carboxylic acid groups (broad SMARTS) is 1. The maximum Gasteiger partial charge on any atom is 0.305 e. The summed E-state index contributed by atoms with van der Waals surface area (Å²) in [5, 5.41) is 24.2. The van der Waals surface area contributed by atoms with Crippen LogP contribution >= 0.6 is 11.3 Å². The maximum absolute atomic E-state index is 10.7. The Morgan fingerprint density at radius 2 is 2.47 bits per heavy atom. The number of carbonyl (C=O) groups is 1. The largest absolute Gasteiger partial charge is 0.481 e. The third-order valence-corrected chi connectivity index (χ3v) is 3.12. The van der Waals surface area contributed by atoms with E-state index in [1.165, 1.54) is 0 Å². The Kier molecular flexibility index (Phi) is 3.48. The van der Waals surface area contributed by atoms with Gasteiger partial charge in [-0.25, -0.2) is 4.68 Å². The highest BCUT2D eigenvalue weighted by atomic mass is 32.1. The molecule has 0 aliphatic rings. The fourth-order valence-electron chi connectivity index (χ4n) is 1.59. The quantitative estimate of drug-likeness (QED) is 0.869. The summed E-state index contributed by atoms with van der Waals surface area (Å²) in [5.41, 5.74) is 1.13. The van der Waals surface area contributed by atoms with Crippen LogP contribution in [-0.2, 0) is 11.2 Å². The van der Waals surface area contributed by atoms with Gasteiger partial charge in [-0.05, 0) is 39.7 Å². The standard InChI is InChI=1S/C10H12N4O2S/c1-7(4-10(15)16)14-9(11-12-13-14)5-8-2-3-17-6-8/h2-3,6-7H,4-5H2,1H3,(H,15,16). The van der Waals surface area contributed by atoms with E-state index in [0.717, 1.165) is 5.56 Å². The number of hydrogen-bond donors (Lipinski definition) is 1. The van der Waals surface area contributed by atoms with Gasteiger partial charge in [0, 0.05) is 6.42 Å². The van der Waals surface area contributed by atoms with Crippen LogP contribution < -0.4 is 0 Å². The van der Waals surface area contributed by atoms with E-state index in [9.17, 15) is 4.79 Å². The van der Waals surface area contributed by atoms with Crippen molar-refractivity contribution in [3.05, 3.63) is 28.2 Å². The highest BCUT2D eigenvalue weighted by molar-refractivity contribution is 7.07. The lowest BCUT2D eigenvalue weighted by Gasteiger charge is -2.10. The fourth-order valence-corrected chi connectivity index (χ4v) is 2.25. The molecule has 2 aromatic rings. The van der Waals surface area contributed by atoms with Crippen molar-refractivity contribution in [2.45, 2.75) is 25.8 Å². The molecule has 0 aliphatic heterocycles. The molecule has 0 bridgehead atoms. The maximum atomic E-state index is 10.7. The van der Waals surface area contributed by atoms with E-state index < -0.39 is 5.97 Å². The first-order chi connectivity index (χ1) is 8.16. The van der Waals surface area contributed by atoms with Gasteiger partial charge in [0.25, 0.3) is 0 Å². The number of hydrogen-bond acceptors (Lipinski definition) is 5. The highest BCUT2D eigenvalue weighted by Crippen LogP contribution is 2.15. The van der Waals surface area contributed by atoms with E-state index in [0.29, 0.717) is 12.2 Å². The lowest BCUT2D eigenvalue weighted by molar-refractivity contribution is -0.137. The number of nitrogens with zero attached hydrogens (tertiary/aromatic N) is 4. The predicted molar refractivity (Wildman–Crippen MR) is 61.9 cm³/mol. The molecule has 0 fully saturated rings. The molecule has 7 heteroatoms. The molecule has 17 heavy (non-hydrogen) atoms. The molecule has 6 nitrogen and oxygen atoms in total. The molecule has 1 N–H and O–H groups in total. The van der Waals surface area contributed by atoms with Gasteiger partial charge in [0.15, 0.2) is 5.82 Å². The molecule has 90 valence electrons. The van der Waals surface area contributed by atoms with Gasteiger partial charge in [-0.2, -0.15) is 11.3 Å². The molecule has 1 atom stereocenters. The second-order valence-electron chi connectivity index (χ2n) is 3.79. The summed E-state index contributed by atoms with van der Waals surface area (Å²) < 4.78 is 1.58. The van der Waals surface area contributed by atoms with Crippen LogP contribution in [0.25, 0.3) is 0 Å². The zero-order chi connectivity index (χ0) is 12.3. The van der Waals surface area contributed by atoms with Crippen LogP contribution in [0.15, 0.2) is 16.8 Å². The zero-order valence-corrected chi connectivity index (χ0v) is 10.1. The van der Waals surface area contributed by atoms with Crippen LogP contribution in [-0.4, -0.2) is 31.3 Å². The molecule has 0 aromatic carbocycles. The van der Waals surface area contributed by atoms with Crippen molar-refractivity contribution >= 4 is 17.3 Å². The smallest absolute Gasteiger partial charge is 0.305 e. The first-order valence-corrected chi connectivity index (χ1v) is 6.10. The first kappa shape index (κ1) is 11.7.